The van der Waals surface area contributed by atoms with Gasteiger partial charge in [0.1, 0.15) is 0 Å². The highest BCUT2D eigenvalue weighted by Gasteiger charge is 2.17. The topological polar surface area (TPSA) is 109 Å². The maximum Gasteiger partial charge on any atom is 0.337 e. The maximum absolute atomic E-state index is 13.2. The average molecular weight is 498 g/mol. The van der Waals surface area contributed by atoms with Crippen LogP contribution >= 0.6 is 11.8 Å². The van der Waals surface area contributed by atoms with Crippen molar-refractivity contribution >= 4 is 40.2 Å². The molecule has 9 nitrogen and oxygen atoms in total. The van der Waals surface area contributed by atoms with Crippen LogP contribution in [0.25, 0.3) is 10.9 Å². The van der Waals surface area contributed by atoms with E-state index in [0.717, 1.165) is 6.42 Å². The molecule has 1 aliphatic rings. The fourth-order valence-electron chi connectivity index (χ4n) is 3.65. The Morgan fingerprint density at radius 3 is 2.66 bits per heavy atom. The van der Waals surface area contributed by atoms with Crippen LogP contribution in [0.2, 0.25) is 0 Å². The van der Waals surface area contributed by atoms with Gasteiger partial charge < -0.3 is 19.5 Å². The van der Waals surface area contributed by atoms with Crippen LogP contribution in [0.15, 0.2) is 46.3 Å². The third kappa shape index (κ3) is 5.76. The number of rotatable bonds is 7. The summed E-state index contributed by atoms with van der Waals surface area (Å²) in [6.45, 7) is 5.60. The normalized spacial score (nSPS) is 12.9. The molecular weight excluding hydrogens is 470 g/mol. The Hall–Kier alpha value is -3.53. The molecule has 0 bridgehead atoms. The summed E-state index contributed by atoms with van der Waals surface area (Å²) in [4.78, 5) is 42.5. The molecule has 0 radical (unpaired) electrons. The predicted molar refractivity (Wildman–Crippen MR) is 134 cm³/mol. The van der Waals surface area contributed by atoms with Gasteiger partial charge in [0, 0.05) is 24.7 Å². The lowest BCUT2D eigenvalue weighted by Crippen LogP contribution is -2.26. The first-order chi connectivity index (χ1) is 16.9. The number of methoxy groups -OCH3 is 1. The monoisotopic (exact) mass is 497 g/mol. The zero-order valence-corrected chi connectivity index (χ0v) is 20.6. The zero-order valence-electron chi connectivity index (χ0n) is 19.8. The fourth-order valence-corrected chi connectivity index (χ4v) is 4.46. The van der Waals surface area contributed by atoms with E-state index in [1.54, 1.807) is 34.9 Å². The molecule has 184 valence electrons. The van der Waals surface area contributed by atoms with Crippen molar-refractivity contribution in [1.29, 1.82) is 0 Å². The molecule has 1 aliphatic heterocycles. The third-order valence-electron chi connectivity index (χ3n) is 5.25. The molecule has 0 aliphatic carbocycles. The van der Waals surface area contributed by atoms with Crippen LogP contribution in [-0.2, 0) is 16.1 Å². The Morgan fingerprint density at radius 1 is 1.14 bits per heavy atom. The van der Waals surface area contributed by atoms with E-state index in [-0.39, 0.29) is 23.1 Å². The quantitative estimate of drug-likeness (QED) is 0.299. The number of carbonyl (C=O) groups excluding carboxylic acids is 2. The smallest absolute Gasteiger partial charge is 0.337 e. The summed E-state index contributed by atoms with van der Waals surface area (Å²) < 4.78 is 17.7. The van der Waals surface area contributed by atoms with E-state index < -0.39 is 5.97 Å². The molecule has 0 unspecified atom stereocenters. The Kier molecular flexibility index (Phi) is 7.60. The highest BCUT2D eigenvalue weighted by atomic mass is 32.2. The van der Waals surface area contributed by atoms with Crippen LogP contribution in [-0.4, -0.2) is 47.5 Å². The third-order valence-corrected chi connectivity index (χ3v) is 6.23. The lowest BCUT2D eigenvalue weighted by molar-refractivity contribution is -0.113. The molecule has 0 atom stereocenters. The molecule has 2 heterocycles. The number of fused-ring (bicyclic) bond motifs is 2. The van der Waals surface area contributed by atoms with Gasteiger partial charge in [-0.15, -0.1) is 0 Å². The number of amides is 1. The minimum absolute atomic E-state index is 0.0428. The van der Waals surface area contributed by atoms with Crippen LogP contribution in [0.5, 0.6) is 11.5 Å². The predicted octanol–water partition coefficient (Wildman–Crippen LogP) is 3.73. The molecule has 4 rings (SSSR count). The van der Waals surface area contributed by atoms with Gasteiger partial charge in [0.2, 0.25) is 5.91 Å². The van der Waals surface area contributed by atoms with Crippen LogP contribution in [0.1, 0.15) is 30.6 Å². The number of hydrogen-bond donors (Lipinski definition) is 1. The molecule has 1 amide bonds. The van der Waals surface area contributed by atoms with E-state index in [4.69, 9.17) is 14.2 Å². The number of benzene rings is 2. The van der Waals surface area contributed by atoms with Crippen LogP contribution < -0.4 is 20.3 Å². The van der Waals surface area contributed by atoms with Gasteiger partial charge in [-0.2, -0.15) is 0 Å². The fraction of sp³-hybridized carbons (Fsp3) is 0.360. The van der Waals surface area contributed by atoms with E-state index in [1.807, 2.05) is 13.8 Å². The van der Waals surface area contributed by atoms with Gasteiger partial charge in [0.05, 0.1) is 42.5 Å². The zero-order chi connectivity index (χ0) is 24.9. The van der Waals surface area contributed by atoms with E-state index in [1.165, 1.54) is 24.9 Å². The van der Waals surface area contributed by atoms with Crippen molar-refractivity contribution in [3.8, 4) is 11.5 Å². The lowest BCUT2D eigenvalue weighted by Gasteiger charge is -2.15. The molecule has 2 aromatic carbocycles. The molecule has 0 saturated heterocycles. The van der Waals surface area contributed by atoms with Gasteiger partial charge in [-0.05, 0) is 36.2 Å². The molecule has 0 saturated carbocycles. The first-order valence-electron chi connectivity index (χ1n) is 11.3. The van der Waals surface area contributed by atoms with E-state index in [0.29, 0.717) is 58.6 Å². The van der Waals surface area contributed by atoms with Gasteiger partial charge in [-0.1, -0.05) is 25.6 Å². The van der Waals surface area contributed by atoms with Crippen molar-refractivity contribution in [2.45, 2.75) is 32.0 Å². The molecular formula is C25H27N3O6S. The Bertz CT molecular complexity index is 1320. The number of hydrogen-bond acceptors (Lipinski definition) is 8. The van der Waals surface area contributed by atoms with E-state index in [2.05, 4.69) is 10.3 Å². The van der Waals surface area contributed by atoms with Crippen molar-refractivity contribution in [3.05, 3.63) is 52.3 Å². The molecule has 1 aromatic heterocycles. The number of thioether (sulfide) groups is 1. The number of nitrogens with zero attached hydrogens (tertiary/aromatic N) is 2. The van der Waals surface area contributed by atoms with Crippen molar-refractivity contribution in [2.75, 3.05) is 31.4 Å². The summed E-state index contributed by atoms with van der Waals surface area (Å²) in [5.41, 5.74) is 1.06. The largest absolute Gasteiger partial charge is 0.490 e. The average Bonchev–Trinajstić information content (AvgIpc) is 3.08. The van der Waals surface area contributed by atoms with Gasteiger partial charge in [-0.25, -0.2) is 9.78 Å². The van der Waals surface area contributed by atoms with Gasteiger partial charge in [-0.3, -0.25) is 14.2 Å². The minimum Gasteiger partial charge on any atom is -0.490 e. The molecule has 3 aromatic rings. The van der Waals surface area contributed by atoms with Crippen LogP contribution in [0.3, 0.4) is 0 Å². The highest BCUT2D eigenvalue weighted by Crippen LogP contribution is 2.32. The van der Waals surface area contributed by atoms with Crippen molar-refractivity contribution in [3.63, 3.8) is 0 Å². The summed E-state index contributed by atoms with van der Waals surface area (Å²) in [5.74, 6) is 0.718. The van der Waals surface area contributed by atoms with E-state index in [9.17, 15) is 14.4 Å². The number of nitrogens with one attached hydrogen (secondary N) is 1. The van der Waals surface area contributed by atoms with Crippen molar-refractivity contribution in [1.82, 2.24) is 9.55 Å². The molecule has 1 N–H and O–H groups in total. The molecule has 35 heavy (non-hydrogen) atoms. The molecule has 0 spiro atoms. The molecule has 10 heteroatoms. The second-order valence-electron chi connectivity index (χ2n) is 8.48. The van der Waals surface area contributed by atoms with Gasteiger partial charge in [0.25, 0.3) is 5.56 Å². The lowest BCUT2D eigenvalue weighted by atomic mass is 10.1. The standard InChI is InChI=1S/C25H27N3O6S/c1-15(2)13-28-23(30)18-7-5-16(24(31)32-3)11-19(18)27-25(28)35-14-22(29)26-17-6-8-20-21(12-17)34-10-4-9-33-20/h5-8,11-12,15H,4,9-10,13-14H2,1-3H3,(H,26,29). The minimum atomic E-state index is -0.510. The summed E-state index contributed by atoms with van der Waals surface area (Å²) in [6, 6.07) is 9.93. The second kappa shape index (κ2) is 10.8. The number of esters is 1. The Labute approximate surface area is 206 Å². The maximum atomic E-state index is 13.2. The van der Waals surface area contributed by atoms with Gasteiger partial charge >= 0.3 is 5.97 Å². The summed E-state index contributed by atoms with van der Waals surface area (Å²) in [5, 5.41) is 3.67. The summed E-state index contributed by atoms with van der Waals surface area (Å²) in [6.07, 6.45) is 0.797. The van der Waals surface area contributed by atoms with Gasteiger partial charge in [0.15, 0.2) is 16.7 Å². The first-order valence-corrected chi connectivity index (χ1v) is 12.3. The van der Waals surface area contributed by atoms with Crippen molar-refractivity contribution in [2.24, 2.45) is 5.92 Å². The Morgan fingerprint density at radius 2 is 1.91 bits per heavy atom. The number of carbonyl (C=O) groups is 2. The number of ether oxygens (including phenoxy) is 3. The SMILES string of the molecule is COC(=O)c1ccc2c(=O)n(CC(C)C)c(SCC(=O)Nc3ccc4c(c3)OCCCO4)nc2c1. The number of aromatic nitrogens is 2. The van der Waals surface area contributed by atoms with Crippen LogP contribution in [0, 0.1) is 5.92 Å². The van der Waals surface area contributed by atoms with E-state index >= 15 is 0 Å². The summed E-state index contributed by atoms with van der Waals surface area (Å²) >= 11 is 1.17. The molecule has 0 fully saturated rings. The highest BCUT2D eigenvalue weighted by molar-refractivity contribution is 7.99. The second-order valence-corrected chi connectivity index (χ2v) is 9.42. The van der Waals surface area contributed by atoms with Crippen LogP contribution in [0.4, 0.5) is 5.69 Å². The number of anilines is 1. The Balaban J connectivity index is 1.56. The van der Waals surface area contributed by atoms with Crippen molar-refractivity contribution < 1.29 is 23.8 Å². The summed E-state index contributed by atoms with van der Waals surface area (Å²) in [7, 11) is 1.30. The first kappa shape index (κ1) is 24.6.